The van der Waals surface area contributed by atoms with Crippen molar-refractivity contribution < 1.29 is 0 Å². The van der Waals surface area contributed by atoms with Crippen LogP contribution in [0.15, 0.2) is 18.2 Å². The Kier molecular flexibility index (Phi) is 5.17. The fourth-order valence-electron chi connectivity index (χ4n) is 2.47. The molecule has 4 heteroatoms. The first-order valence-electron chi connectivity index (χ1n) is 6.79. The average molecular weight is 297 g/mol. The first-order valence-corrected chi connectivity index (χ1v) is 8.48. The summed E-state index contributed by atoms with van der Waals surface area (Å²) in [6.45, 7) is 6.61. The third-order valence-corrected chi connectivity index (χ3v) is 4.60. The van der Waals surface area contributed by atoms with Crippen LogP contribution in [0.25, 0.3) is 11.0 Å². The molecule has 2 nitrogen and oxygen atoms in total. The molecule has 1 unspecified atom stereocenters. The van der Waals surface area contributed by atoms with Gasteiger partial charge in [0.15, 0.2) is 0 Å². The lowest BCUT2D eigenvalue weighted by atomic mass is 10.2. The minimum atomic E-state index is 0.443. The molecular formula is C15H21ClN2S. The normalized spacial score (nSPS) is 13.1. The molecule has 19 heavy (non-hydrogen) atoms. The van der Waals surface area contributed by atoms with E-state index in [-0.39, 0.29) is 0 Å². The standard InChI is InChI=1S/C15H21ClN2S/c1-4-19-9-8-12(3)18-14(10-16)17-13-7-5-6-11(2)15(13)18/h5-7,12H,4,8-10H2,1-3H3. The monoisotopic (exact) mass is 296 g/mol. The van der Waals surface area contributed by atoms with E-state index < -0.39 is 0 Å². The number of hydrogen-bond donors (Lipinski definition) is 0. The van der Waals surface area contributed by atoms with Crippen LogP contribution in [0.1, 0.15) is 37.7 Å². The van der Waals surface area contributed by atoms with E-state index in [1.807, 2.05) is 11.8 Å². The second kappa shape index (κ2) is 6.67. The predicted octanol–water partition coefficient (Wildman–Crippen LogP) is 4.79. The number of rotatable bonds is 6. The highest BCUT2D eigenvalue weighted by atomic mass is 35.5. The van der Waals surface area contributed by atoms with E-state index in [1.54, 1.807) is 0 Å². The molecule has 1 atom stereocenters. The lowest BCUT2D eigenvalue weighted by Gasteiger charge is -2.17. The van der Waals surface area contributed by atoms with Crippen LogP contribution in [0.4, 0.5) is 0 Å². The SMILES string of the molecule is CCSCCC(C)n1c(CCl)nc2cccc(C)c21. The zero-order valence-corrected chi connectivity index (χ0v) is 13.4. The van der Waals surface area contributed by atoms with Crippen molar-refractivity contribution in [1.29, 1.82) is 0 Å². The molecule has 1 aromatic heterocycles. The lowest BCUT2D eigenvalue weighted by molar-refractivity contribution is 0.533. The Labute approximate surface area is 124 Å². The summed E-state index contributed by atoms with van der Waals surface area (Å²) in [5.74, 6) is 3.82. The minimum absolute atomic E-state index is 0.443. The smallest absolute Gasteiger partial charge is 0.125 e. The molecule has 0 fully saturated rings. The second-order valence-corrected chi connectivity index (χ2v) is 6.47. The van der Waals surface area contributed by atoms with E-state index in [0.29, 0.717) is 11.9 Å². The molecule has 0 aliphatic rings. The van der Waals surface area contributed by atoms with Gasteiger partial charge in [-0.05, 0) is 43.4 Å². The van der Waals surface area contributed by atoms with E-state index in [4.69, 9.17) is 11.6 Å². The number of thioether (sulfide) groups is 1. The molecule has 0 saturated carbocycles. The zero-order valence-electron chi connectivity index (χ0n) is 11.8. The van der Waals surface area contributed by atoms with Crippen molar-refractivity contribution >= 4 is 34.4 Å². The van der Waals surface area contributed by atoms with Crippen molar-refractivity contribution in [1.82, 2.24) is 9.55 Å². The lowest BCUT2D eigenvalue weighted by Crippen LogP contribution is -2.10. The number of hydrogen-bond acceptors (Lipinski definition) is 2. The van der Waals surface area contributed by atoms with E-state index >= 15 is 0 Å². The molecule has 104 valence electrons. The zero-order chi connectivity index (χ0) is 13.8. The maximum absolute atomic E-state index is 6.07. The third-order valence-electron chi connectivity index (χ3n) is 3.43. The van der Waals surface area contributed by atoms with Gasteiger partial charge in [-0.2, -0.15) is 11.8 Å². The predicted molar refractivity (Wildman–Crippen MR) is 86.4 cm³/mol. The Morgan fingerprint density at radius 3 is 2.89 bits per heavy atom. The number of aryl methyl sites for hydroxylation is 1. The number of nitrogens with zero attached hydrogens (tertiary/aromatic N) is 2. The molecule has 0 spiro atoms. The van der Waals surface area contributed by atoms with Crippen molar-refractivity contribution in [3.05, 3.63) is 29.6 Å². The summed E-state index contributed by atoms with van der Waals surface area (Å²) < 4.78 is 2.33. The molecule has 2 aromatic rings. The first-order chi connectivity index (χ1) is 9.19. The van der Waals surface area contributed by atoms with Gasteiger partial charge in [-0.1, -0.05) is 19.1 Å². The molecule has 0 radical (unpaired) electrons. The molecule has 0 amide bonds. The maximum Gasteiger partial charge on any atom is 0.125 e. The molecule has 2 rings (SSSR count). The number of alkyl halides is 1. The van der Waals surface area contributed by atoms with Gasteiger partial charge in [0.1, 0.15) is 5.82 Å². The molecule has 1 heterocycles. The summed E-state index contributed by atoms with van der Waals surface area (Å²) in [4.78, 5) is 4.67. The fourth-order valence-corrected chi connectivity index (χ4v) is 3.45. The second-order valence-electron chi connectivity index (χ2n) is 4.81. The summed E-state index contributed by atoms with van der Waals surface area (Å²) in [5, 5.41) is 0. The molecule has 0 bridgehead atoms. The molecule has 0 saturated heterocycles. The van der Waals surface area contributed by atoms with Crippen molar-refractivity contribution in [3.8, 4) is 0 Å². The quantitative estimate of drug-likeness (QED) is 0.563. The van der Waals surface area contributed by atoms with Crippen LogP contribution in [-0.2, 0) is 5.88 Å². The van der Waals surface area contributed by atoms with Gasteiger partial charge in [0.25, 0.3) is 0 Å². The van der Waals surface area contributed by atoms with Crippen LogP contribution in [0.3, 0.4) is 0 Å². The summed E-state index contributed by atoms with van der Waals surface area (Å²) in [7, 11) is 0. The summed E-state index contributed by atoms with van der Waals surface area (Å²) in [6.07, 6.45) is 1.15. The van der Waals surface area contributed by atoms with E-state index in [1.165, 1.54) is 22.6 Å². The Morgan fingerprint density at radius 2 is 2.21 bits per heavy atom. The van der Waals surface area contributed by atoms with Crippen LogP contribution < -0.4 is 0 Å². The van der Waals surface area contributed by atoms with Crippen molar-refractivity contribution in [2.75, 3.05) is 11.5 Å². The van der Waals surface area contributed by atoms with Crippen LogP contribution in [-0.4, -0.2) is 21.1 Å². The molecule has 0 N–H and O–H groups in total. The van der Waals surface area contributed by atoms with Gasteiger partial charge >= 0.3 is 0 Å². The number of fused-ring (bicyclic) bond motifs is 1. The van der Waals surface area contributed by atoms with Gasteiger partial charge in [-0.15, -0.1) is 11.6 Å². The van der Waals surface area contributed by atoms with Crippen molar-refractivity contribution in [2.24, 2.45) is 0 Å². The van der Waals surface area contributed by atoms with E-state index in [0.717, 1.165) is 17.8 Å². The van der Waals surface area contributed by atoms with Crippen LogP contribution in [0.5, 0.6) is 0 Å². The summed E-state index contributed by atoms with van der Waals surface area (Å²) >= 11 is 8.06. The van der Waals surface area contributed by atoms with E-state index in [2.05, 4.69) is 48.5 Å². The summed E-state index contributed by atoms with van der Waals surface area (Å²) in [6, 6.07) is 6.72. The Morgan fingerprint density at radius 1 is 1.42 bits per heavy atom. The number of benzene rings is 1. The fraction of sp³-hybridized carbons (Fsp3) is 0.533. The molecule has 0 aliphatic carbocycles. The highest BCUT2D eigenvalue weighted by Crippen LogP contribution is 2.27. The molecule has 1 aromatic carbocycles. The van der Waals surface area contributed by atoms with Crippen LogP contribution in [0, 0.1) is 6.92 Å². The van der Waals surface area contributed by atoms with Gasteiger partial charge in [0, 0.05) is 6.04 Å². The summed E-state index contributed by atoms with van der Waals surface area (Å²) in [5.41, 5.74) is 3.58. The Bertz CT molecular complexity index is 550. The molecular weight excluding hydrogens is 276 g/mol. The van der Waals surface area contributed by atoms with Crippen LogP contribution in [0.2, 0.25) is 0 Å². The highest BCUT2D eigenvalue weighted by Gasteiger charge is 2.16. The van der Waals surface area contributed by atoms with Crippen molar-refractivity contribution in [2.45, 2.75) is 39.1 Å². The maximum atomic E-state index is 6.07. The van der Waals surface area contributed by atoms with Gasteiger partial charge in [0.2, 0.25) is 0 Å². The highest BCUT2D eigenvalue weighted by molar-refractivity contribution is 7.99. The minimum Gasteiger partial charge on any atom is -0.324 e. The third kappa shape index (κ3) is 3.09. The Hall–Kier alpha value is -0.670. The first kappa shape index (κ1) is 14.7. The molecule has 0 aliphatic heterocycles. The largest absolute Gasteiger partial charge is 0.324 e. The van der Waals surface area contributed by atoms with Gasteiger partial charge < -0.3 is 4.57 Å². The number of halogens is 1. The topological polar surface area (TPSA) is 17.8 Å². The average Bonchev–Trinajstić information content (AvgIpc) is 2.79. The van der Waals surface area contributed by atoms with Gasteiger partial charge in [0.05, 0.1) is 16.9 Å². The number of aromatic nitrogens is 2. The Balaban J connectivity index is 2.39. The number of para-hydroxylation sites is 1. The van der Waals surface area contributed by atoms with Crippen LogP contribution >= 0.6 is 23.4 Å². The van der Waals surface area contributed by atoms with Gasteiger partial charge in [-0.25, -0.2) is 4.98 Å². The van der Waals surface area contributed by atoms with Crippen molar-refractivity contribution in [3.63, 3.8) is 0 Å². The van der Waals surface area contributed by atoms with E-state index in [9.17, 15) is 0 Å². The number of imidazole rings is 1. The van der Waals surface area contributed by atoms with Gasteiger partial charge in [-0.3, -0.25) is 0 Å².